The van der Waals surface area contributed by atoms with E-state index in [1.807, 2.05) is 0 Å². The third-order valence-corrected chi connectivity index (χ3v) is 3.80. The molecule has 0 aliphatic rings. The van der Waals surface area contributed by atoms with E-state index in [1.54, 1.807) is 0 Å². The summed E-state index contributed by atoms with van der Waals surface area (Å²) >= 11 is 0. The molecular weight excluding hydrogens is 344 g/mol. The van der Waals surface area contributed by atoms with Crippen molar-refractivity contribution in [2.75, 3.05) is 0 Å². The summed E-state index contributed by atoms with van der Waals surface area (Å²) in [6.45, 7) is 2.15. The van der Waals surface area contributed by atoms with Crippen molar-refractivity contribution in [3.8, 4) is 0 Å². The van der Waals surface area contributed by atoms with Gasteiger partial charge in [0.2, 0.25) is 0 Å². The second-order valence-electron chi connectivity index (χ2n) is 6.41. The minimum absolute atomic E-state index is 0.254. The molecule has 2 nitrogen and oxygen atoms in total. The lowest BCUT2D eigenvalue weighted by atomic mass is 10.2. The van der Waals surface area contributed by atoms with Crippen LogP contribution >= 0.6 is 0 Å². The smallest absolute Gasteiger partial charge is 0.303 e. The highest BCUT2D eigenvalue weighted by atomic mass is 16.4. The molecule has 0 radical (unpaired) electrons. The predicted octanol–water partition coefficient (Wildman–Crippen LogP) is 7.89. The Morgan fingerprint density at radius 2 is 0.893 bits per heavy atom. The zero-order chi connectivity index (χ0) is 20.5. The molecule has 0 rings (SSSR count). The number of rotatable bonds is 17. The maximum Gasteiger partial charge on any atom is 0.303 e. The van der Waals surface area contributed by atoms with Crippen molar-refractivity contribution in [3.05, 3.63) is 85.1 Å². The molecule has 0 aliphatic carbocycles. The summed E-state index contributed by atoms with van der Waals surface area (Å²) in [6.07, 6.45) is 39.3. The predicted molar refractivity (Wildman–Crippen MR) is 123 cm³/mol. The van der Waals surface area contributed by atoms with E-state index in [1.165, 1.54) is 0 Å². The van der Waals surface area contributed by atoms with E-state index in [0.29, 0.717) is 0 Å². The molecule has 0 atom stereocenters. The number of aliphatic carboxylic acids is 1. The van der Waals surface area contributed by atoms with Crippen LogP contribution in [0.2, 0.25) is 0 Å². The molecule has 0 unspecified atom stereocenters. The van der Waals surface area contributed by atoms with Crippen LogP contribution in [-0.2, 0) is 4.79 Å². The van der Waals surface area contributed by atoms with Gasteiger partial charge in [0.15, 0.2) is 0 Å². The number of carboxylic acids is 1. The third kappa shape index (κ3) is 23.6. The Morgan fingerprint density at radius 3 is 1.21 bits per heavy atom. The van der Waals surface area contributed by atoms with Gasteiger partial charge in [-0.1, -0.05) is 92.0 Å². The van der Waals surface area contributed by atoms with Crippen LogP contribution in [0.1, 0.15) is 71.1 Å². The molecule has 0 aromatic carbocycles. The number of carboxylic acid groups (broad SMARTS) is 1. The first-order chi connectivity index (χ1) is 13.8. The molecule has 1 N–H and O–H groups in total. The van der Waals surface area contributed by atoms with Gasteiger partial charge in [0.05, 0.1) is 0 Å². The molecular formula is C26H38O2. The molecule has 0 fully saturated rings. The van der Waals surface area contributed by atoms with E-state index in [-0.39, 0.29) is 6.42 Å². The number of carbonyl (C=O) groups is 1. The molecule has 154 valence electrons. The molecule has 0 amide bonds. The summed E-state index contributed by atoms with van der Waals surface area (Å²) in [4.78, 5) is 10.4. The standard InChI is InChI=1S/C26H38O2/c1-2-3-4-5-6-7-8-9-10-11-12-13-14-15-16-17-18-19-20-21-22-23-24-25-26(27)28/h3-4,6-7,9-10,12-13,15-16,18-19,21-22H,2,5,8,11,14,17,20,23-25H2,1H3,(H,27,28)/b4-3-,7-6-,10-9-,13-12-,16-15-,19-18-,22-21-. The Hall–Kier alpha value is -2.35. The molecule has 28 heavy (non-hydrogen) atoms. The van der Waals surface area contributed by atoms with Crippen LogP contribution in [0.25, 0.3) is 0 Å². The highest BCUT2D eigenvalue weighted by molar-refractivity contribution is 5.66. The van der Waals surface area contributed by atoms with Crippen LogP contribution in [0, 0.1) is 0 Å². The summed E-state index contributed by atoms with van der Waals surface area (Å²) in [7, 11) is 0. The molecule has 0 bridgehead atoms. The third-order valence-electron chi connectivity index (χ3n) is 3.80. The first-order valence-electron chi connectivity index (χ1n) is 10.5. The van der Waals surface area contributed by atoms with E-state index in [4.69, 9.17) is 5.11 Å². The van der Waals surface area contributed by atoms with Gasteiger partial charge in [-0.25, -0.2) is 0 Å². The van der Waals surface area contributed by atoms with Gasteiger partial charge in [0, 0.05) is 6.42 Å². The lowest BCUT2D eigenvalue weighted by Gasteiger charge is -1.89. The van der Waals surface area contributed by atoms with Crippen LogP contribution in [0.3, 0.4) is 0 Å². The summed E-state index contributed by atoms with van der Waals surface area (Å²) in [5.41, 5.74) is 0. The molecule has 0 saturated heterocycles. The van der Waals surface area contributed by atoms with Gasteiger partial charge in [-0.3, -0.25) is 4.79 Å². The number of hydrogen-bond donors (Lipinski definition) is 1. The van der Waals surface area contributed by atoms with Gasteiger partial charge in [-0.05, 0) is 57.8 Å². The summed E-state index contributed by atoms with van der Waals surface area (Å²) in [5, 5.41) is 8.53. The molecule has 0 aromatic rings. The Kier molecular flexibility index (Phi) is 20.8. The van der Waals surface area contributed by atoms with Gasteiger partial charge < -0.3 is 5.11 Å². The molecule has 2 heteroatoms. The van der Waals surface area contributed by atoms with E-state index in [9.17, 15) is 4.79 Å². The normalized spacial score (nSPS) is 13.2. The number of allylic oxidation sites excluding steroid dienone is 14. The van der Waals surface area contributed by atoms with Crippen molar-refractivity contribution in [1.82, 2.24) is 0 Å². The van der Waals surface area contributed by atoms with Crippen LogP contribution in [0.4, 0.5) is 0 Å². The average Bonchev–Trinajstić information content (AvgIpc) is 2.68. The van der Waals surface area contributed by atoms with Crippen LogP contribution in [0.15, 0.2) is 85.1 Å². The number of hydrogen-bond acceptors (Lipinski definition) is 1. The SMILES string of the molecule is CC/C=C\C/C=C\C/C=C\C/C=C\C/C=C\C/C=C\C/C=C\CCCC(=O)O. The minimum atomic E-state index is -0.717. The van der Waals surface area contributed by atoms with E-state index in [0.717, 1.165) is 57.8 Å². The Morgan fingerprint density at radius 1 is 0.571 bits per heavy atom. The fraction of sp³-hybridized carbons (Fsp3) is 0.423. The van der Waals surface area contributed by atoms with Crippen LogP contribution < -0.4 is 0 Å². The lowest BCUT2D eigenvalue weighted by Crippen LogP contribution is -1.92. The van der Waals surface area contributed by atoms with Gasteiger partial charge >= 0.3 is 5.97 Å². The van der Waals surface area contributed by atoms with Crippen molar-refractivity contribution in [2.24, 2.45) is 0 Å². The first kappa shape index (κ1) is 25.6. The monoisotopic (exact) mass is 382 g/mol. The molecule has 0 aliphatic heterocycles. The zero-order valence-corrected chi connectivity index (χ0v) is 17.5. The molecule has 0 aromatic heterocycles. The van der Waals surface area contributed by atoms with Gasteiger partial charge in [-0.15, -0.1) is 0 Å². The van der Waals surface area contributed by atoms with E-state index in [2.05, 4.69) is 92.0 Å². The summed E-state index contributed by atoms with van der Waals surface area (Å²) < 4.78 is 0. The Bertz CT molecular complexity index is 557. The van der Waals surface area contributed by atoms with Crippen molar-refractivity contribution in [2.45, 2.75) is 71.1 Å². The second kappa shape index (κ2) is 22.7. The highest BCUT2D eigenvalue weighted by Crippen LogP contribution is 1.99. The topological polar surface area (TPSA) is 37.3 Å². The Labute approximate surface area is 172 Å². The van der Waals surface area contributed by atoms with Gasteiger partial charge in [0.1, 0.15) is 0 Å². The highest BCUT2D eigenvalue weighted by Gasteiger charge is 1.92. The maximum absolute atomic E-state index is 10.4. The van der Waals surface area contributed by atoms with Crippen LogP contribution in [-0.4, -0.2) is 11.1 Å². The fourth-order valence-electron chi connectivity index (χ4n) is 2.28. The molecule has 0 heterocycles. The van der Waals surface area contributed by atoms with Crippen molar-refractivity contribution in [1.29, 1.82) is 0 Å². The average molecular weight is 383 g/mol. The zero-order valence-electron chi connectivity index (χ0n) is 17.5. The van der Waals surface area contributed by atoms with Gasteiger partial charge in [-0.2, -0.15) is 0 Å². The Balaban J connectivity index is 3.53. The van der Waals surface area contributed by atoms with Crippen LogP contribution in [0.5, 0.6) is 0 Å². The largest absolute Gasteiger partial charge is 0.481 e. The van der Waals surface area contributed by atoms with E-state index < -0.39 is 5.97 Å². The van der Waals surface area contributed by atoms with E-state index >= 15 is 0 Å². The summed E-state index contributed by atoms with van der Waals surface area (Å²) in [6, 6.07) is 0. The second-order valence-corrected chi connectivity index (χ2v) is 6.41. The van der Waals surface area contributed by atoms with Crippen molar-refractivity contribution < 1.29 is 9.90 Å². The molecule has 0 spiro atoms. The van der Waals surface area contributed by atoms with Crippen molar-refractivity contribution in [3.63, 3.8) is 0 Å². The maximum atomic E-state index is 10.4. The minimum Gasteiger partial charge on any atom is -0.481 e. The number of unbranched alkanes of at least 4 members (excludes halogenated alkanes) is 1. The van der Waals surface area contributed by atoms with Gasteiger partial charge in [0.25, 0.3) is 0 Å². The first-order valence-corrected chi connectivity index (χ1v) is 10.5. The fourth-order valence-corrected chi connectivity index (χ4v) is 2.28. The lowest BCUT2D eigenvalue weighted by molar-refractivity contribution is -0.137. The quantitative estimate of drug-likeness (QED) is 0.205. The molecule has 0 saturated carbocycles. The summed E-state index contributed by atoms with van der Waals surface area (Å²) in [5.74, 6) is -0.717. The van der Waals surface area contributed by atoms with Crippen molar-refractivity contribution >= 4 is 5.97 Å².